The molecule has 0 atom stereocenters. The van der Waals surface area contributed by atoms with Crippen LogP contribution in [0.15, 0.2) is 30.3 Å². The summed E-state index contributed by atoms with van der Waals surface area (Å²) in [5, 5.41) is 0. The molecule has 0 N–H and O–H groups in total. The number of esters is 1. The molecule has 1 aliphatic rings. The second-order valence-electron chi connectivity index (χ2n) is 10.6. The molecule has 0 radical (unpaired) electrons. The fourth-order valence-electron chi connectivity index (χ4n) is 4.48. The van der Waals surface area contributed by atoms with E-state index in [2.05, 4.69) is 18.2 Å². The van der Waals surface area contributed by atoms with E-state index in [1.165, 1.54) is 11.1 Å². The lowest BCUT2D eigenvalue weighted by atomic mass is 9.96. The molecule has 0 unspecified atom stereocenters. The molecule has 36 heavy (non-hydrogen) atoms. The molecule has 7 nitrogen and oxygen atoms in total. The number of hydrogen-bond donors (Lipinski definition) is 0. The van der Waals surface area contributed by atoms with Gasteiger partial charge in [0.25, 0.3) is 5.91 Å². The topological polar surface area (TPSA) is 73.7 Å². The van der Waals surface area contributed by atoms with Gasteiger partial charge >= 0.3 is 5.97 Å². The Morgan fingerprint density at radius 1 is 1.17 bits per heavy atom. The van der Waals surface area contributed by atoms with Gasteiger partial charge in [-0.25, -0.2) is 4.98 Å². The molecule has 0 aliphatic heterocycles. The van der Waals surface area contributed by atoms with Gasteiger partial charge in [0.05, 0.1) is 18.0 Å². The van der Waals surface area contributed by atoms with Crippen LogP contribution in [0.1, 0.15) is 60.1 Å². The summed E-state index contributed by atoms with van der Waals surface area (Å²) in [6, 6.07) is 8.02. The van der Waals surface area contributed by atoms with Crippen molar-refractivity contribution in [3.63, 3.8) is 0 Å². The first kappa shape index (κ1) is 25.5. The first-order valence-electron chi connectivity index (χ1n) is 12.2. The van der Waals surface area contributed by atoms with Crippen LogP contribution in [0.5, 0.6) is 11.5 Å². The van der Waals surface area contributed by atoms with Gasteiger partial charge in [-0.1, -0.05) is 12.1 Å². The highest BCUT2D eigenvalue weighted by Gasteiger charge is 2.29. The number of carbonyl (C=O) groups excluding carboxylic acids is 2. The quantitative estimate of drug-likeness (QED) is 0.368. The van der Waals surface area contributed by atoms with Crippen LogP contribution in [0.2, 0.25) is 0 Å². The van der Waals surface area contributed by atoms with Crippen LogP contribution >= 0.6 is 0 Å². The molecule has 4 rings (SSSR count). The molecule has 0 spiro atoms. The number of benzene rings is 2. The molecular formula is C29H35N3O4. The van der Waals surface area contributed by atoms with Crippen molar-refractivity contribution in [1.82, 2.24) is 14.5 Å². The van der Waals surface area contributed by atoms with Crippen molar-refractivity contribution >= 4 is 28.5 Å². The van der Waals surface area contributed by atoms with Crippen molar-refractivity contribution in [2.45, 2.75) is 47.0 Å². The predicted octanol–water partition coefficient (Wildman–Crippen LogP) is 5.12. The maximum Gasteiger partial charge on any atom is 0.316 e. The third-order valence-electron chi connectivity index (χ3n) is 6.78. The zero-order valence-electron chi connectivity index (χ0n) is 22.5. The van der Waals surface area contributed by atoms with Gasteiger partial charge in [0.1, 0.15) is 17.1 Å². The summed E-state index contributed by atoms with van der Waals surface area (Å²) >= 11 is 0. The number of imidazole rings is 1. The molecule has 0 saturated carbocycles. The molecule has 1 heterocycles. The van der Waals surface area contributed by atoms with Gasteiger partial charge in [0, 0.05) is 32.3 Å². The first-order chi connectivity index (χ1) is 16.9. The highest BCUT2D eigenvalue weighted by molar-refractivity contribution is 6.02. The maximum absolute atomic E-state index is 13.4. The number of amides is 1. The van der Waals surface area contributed by atoms with E-state index in [4.69, 9.17) is 14.5 Å². The molecule has 0 saturated heterocycles. The number of fused-ring (bicyclic) bond motifs is 2. The molecule has 1 aromatic heterocycles. The Hall–Kier alpha value is -3.61. The number of rotatable bonds is 5. The minimum absolute atomic E-state index is 0.147. The summed E-state index contributed by atoms with van der Waals surface area (Å²) in [6.45, 7) is 7.34. The lowest BCUT2D eigenvalue weighted by Crippen LogP contribution is -2.27. The van der Waals surface area contributed by atoms with E-state index in [-0.39, 0.29) is 11.9 Å². The van der Waals surface area contributed by atoms with Gasteiger partial charge < -0.3 is 18.9 Å². The van der Waals surface area contributed by atoms with Crippen molar-refractivity contribution < 1.29 is 19.1 Å². The highest BCUT2D eigenvalue weighted by Crippen LogP contribution is 2.38. The fraction of sp³-hybridized carbons (Fsp3) is 0.414. The van der Waals surface area contributed by atoms with Gasteiger partial charge in [-0.3, -0.25) is 9.59 Å². The van der Waals surface area contributed by atoms with E-state index in [1.54, 1.807) is 26.1 Å². The van der Waals surface area contributed by atoms with Gasteiger partial charge in [-0.05, 0) is 81.9 Å². The predicted molar refractivity (Wildman–Crippen MR) is 142 cm³/mol. The number of hydrogen-bond acceptors (Lipinski definition) is 5. The maximum atomic E-state index is 13.4. The Bertz CT molecular complexity index is 1390. The molecule has 1 amide bonds. The third kappa shape index (κ3) is 4.62. The molecule has 7 heteroatoms. The van der Waals surface area contributed by atoms with Crippen LogP contribution in [0.3, 0.4) is 0 Å². The van der Waals surface area contributed by atoms with Crippen molar-refractivity contribution in [3.05, 3.63) is 58.4 Å². The largest absolute Gasteiger partial charge is 0.497 e. The van der Waals surface area contributed by atoms with E-state index < -0.39 is 5.41 Å². The van der Waals surface area contributed by atoms with Crippen molar-refractivity contribution in [2.24, 2.45) is 12.5 Å². The second-order valence-corrected chi connectivity index (χ2v) is 10.6. The standard InChI is InChI=1S/C29H35N3O4/c1-17-30-25-24(32(17)7)16-23(27(33)31(5)6)21(26(25)36-28(34)29(2,3)4)14-12-19-10-9-18-11-13-20(35-8)15-22(18)19/h11-13,15-16H,9-10,14H2,1-8H3. The number of allylic oxidation sites excluding steroid dienone is 2. The number of aromatic nitrogens is 2. The van der Waals surface area contributed by atoms with Crippen molar-refractivity contribution in [2.75, 3.05) is 21.2 Å². The van der Waals surface area contributed by atoms with Crippen molar-refractivity contribution in [1.29, 1.82) is 0 Å². The van der Waals surface area contributed by atoms with Gasteiger partial charge in [-0.2, -0.15) is 0 Å². The lowest BCUT2D eigenvalue weighted by Gasteiger charge is -2.21. The number of nitrogens with zero attached hydrogens (tertiary/aromatic N) is 3. The minimum Gasteiger partial charge on any atom is -0.497 e. The number of methoxy groups -OCH3 is 1. The fourth-order valence-corrected chi connectivity index (χ4v) is 4.48. The number of carbonyl (C=O) groups is 2. The molecule has 0 bridgehead atoms. The highest BCUT2D eigenvalue weighted by atomic mass is 16.5. The van der Waals surface area contributed by atoms with E-state index in [0.717, 1.165) is 35.5 Å². The number of ether oxygens (including phenoxy) is 2. The van der Waals surface area contributed by atoms with Crippen LogP contribution in [-0.2, 0) is 24.7 Å². The van der Waals surface area contributed by atoms with E-state index in [1.807, 2.05) is 51.4 Å². The zero-order valence-corrected chi connectivity index (χ0v) is 22.5. The van der Waals surface area contributed by atoms with Crippen molar-refractivity contribution in [3.8, 4) is 11.5 Å². The summed E-state index contributed by atoms with van der Waals surface area (Å²) in [7, 11) is 7.01. The minimum atomic E-state index is -0.714. The molecule has 1 aliphatic carbocycles. The average Bonchev–Trinajstić information content (AvgIpc) is 3.36. The van der Waals surface area contributed by atoms with E-state index in [9.17, 15) is 9.59 Å². The normalized spacial score (nSPS) is 14.3. The Kier molecular flexibility index (Phi) is 6.69. The Balaban J connectivity index is 1.91. The smallest absolute Gasteiger partial charge is 0.316 e. The number of aryl methyl sites for hydroxylation is 3. The Morgan fingerprint density at radius 3 is 2.53 bits per heavy atom. The van der Waals surface area contributed by atoms with Crippen LogP contribution in [-0.4, -0.2) is 47.5 Å². The molecule has 0 fully saturated rings. The Morgan fingerprint density at radius 2 is 1.89 bits per heavy atom. The second kappa shape index (κ2) is 9.45. The summed E-state index contributed by atoms with van der Waals surface area (Å²) in [6.07, 6.45) is 4.43. The van der Waals surface area contributed by atoms with Crippen LogP contribution in [0, 0.1) is 12.3 Å². The van der Waals surface area contributed by atoms with Crippen LogP contribution in [0.25, 0.3) is 16.6 Å². The van der Waals surface area contributed by atoms with Gasteiger partial charge in [0.2, 0.25) is 0 Å². The third-order valence-corrected chi connectivity index (χ3v) is 6.78. The summed E-state index contributed by atoms with van der Waals surface area (Å²) in [5.41, 5.74) is 5.44. The molecule has 3 aromatic rings. The lowest BCUT2D eigenvalue weighted by molar-refractivity contribution is -0.142. The van der Waals surface area contributed by atoms with Crippen LogP contribution < -0.4 is 9.47 Å². The summed E-state index contributed by atoms with van der Waals surface area (Å²) in [4.78, 5) is 32.7. The van der Waals surface area contributed by atoms with Crippen LogP contribution in [0.4, 0.5) is 0 Å². The van der Waals surface area contributed by atoms with E-state index >= 15 is 0 Å². The van der Waals surface area contributed by atoms with Gasteiger partial charge in [-0.15, -0.1) is 0 Å². The van der Waals surface area contributed by atoms with Gasteiger partial charge in [0.15, 0.2) is 5.75 Å². The SMILES string of the molecule is COc1ccc2c(c1)C(=CCc1c(C(=O)N(C)C)cc3c(nc(C)n3C)c1OC(=O)C(C)(C)C)CC2. The molecular weight excluding hydrogens is 454 g/mol. The zero-order chi connectivity index (χ0) is 26.4. The average molecular weight is 490 g/mol. The summed E-state index contributed by atoms with van der Waals surface area (Å²) in [5.74, 6) is 1.43. The monoisotopic (exact) mass is 489 g/mol. The first-order valence-corrected chi connectivity index (χ1v) is 12.2. The van der Waals surface area contributed by atoms with E-state index in [0.29, 0.717) is 28.8 Å². The molecule has 190 valence electrons. The summed E-state index contributed by atoms with van der Waals surface area (Å²) < 4.78 is 13.4. The molecule has 2 aromatic carbocycles. The Labute approximate surface area is 212 Å².